The molecule has 1 atom stereocenters. The molecule has 3 aliphatic carbocycles. The van der Waals surface area contributed by atoms with E-state index in [-0.39, 0.29) is 5.41 Å². The molecular weight excluding hydrogens is 663 g/mol. The van der Waals surface area contributed by atoms with Crippen LogP contribution in [0.1, 0.15) is 47.2 Å². The van der Waals surface area contributed by atoms with E-state index in [1.807, 2.05) is 0 Å². The van der Waals surface area contributed by atoms with Gasteiger partial charge in [0, 0.05) is 22.4 Å². The molecule has 0 amide bonds. The number of fused-ring (bicyclic) bond motifs is 11. The standard InChI is InChI=1S/C54H35N/c1-53(2)41-20-8-6-16-36(41)37-29-28-35(31-46(37)53)55(34-14-4-3-5-15-34)47-24-12-23-43-50(47)40-17-7-9-21-42(40)54(43)44-22-11-19-39-38-18-10-13-32-25-26-33-27-30-45(54)52(51(39)44)49(33)48(32)38/h3-31H,1-2H3. The van der Waals surface area contributed by atoms with Crippen LogP contribution in [0.15, 0.2) is 176 Å². The highest BCUT2D eigenvalue weighted by Crippen LogP contribution is 2.65. The first-order valence-corrected chi connectivity index (χ1v) is 19.5. The highest BCUT2D eigenvalue weighted by molar-refractivity contribution is 6.36. The van der Waals surface area contributed by atoms with Crippen LogP contribution < -0.4 is 4.90 Å². The quantitative estimate of drug-likeness (QED) is 0.131. The van der Waals surface area contributed by atoms with E-state index in [0.717, 1.165) is 5.69 Å². The Balaban J connectivity index is 1.13. The van der Waals surface area contributed by atoms with Gasteiger partial charge in [0.05, 0.1) is 11.1 Å². The fourth-order valence-electron chi connectivity index (χ4n) is 11.4. The van der Waals surface area contributed by atoms with Crippen LogP contribution in [0.3, 0.4) is 0 Å². The van der Waals surface area contributed by atoms with Gasteiger partial charge in [-0.2, -0.15) is 0 Å². The number of hydrogen-bond acceptors (Lipinski definition) is 1. The Morgan fingerprint density at radius 1 is 0.364 bits per heavy atom. The maximum absolute atomic E-state index is 2.51. The number of anilines is 3. The van der Waals surface area contributed by atoms with Gasteiger partial charge in [-0.15, -0.1) is 0 Å². The third-order valence-electron chi connectivity index (χ3n) is 13.6. The molecule has 0 heterocycles. The van der Waals surface area contributed by atoms with E-state index in [4.69, 9.17) is 0 Å². The van der Waals surface area contributed by atoms with Crippen LogP contribution in [-0.2, 0) is 10.8 Å². The summed E-state index contributed by atoms with van der Waals surface area (Å²) in [5, 5.41) is 10.9. The summed E-state index contributed by atoms with van der Waals surface area (Å²) in [4.78, 5) is 2.51. The van der Waals surface area contributed by atoms with Gasteiger partial charge in [0.2, 0.25) is 0 Å². The van der Waals surface area contributed by atoms with Crippen molar-refractivity contribution in [1.82, 2.24) is 0 Å². The first-order chi connectivity index (χ1) is 27.1. The van der Waals surface area contributed by atoms with Crippen LogP contribution in [0.25, 0.3) is 65.3 Å². The minimum atomic E-state index is -0.453. The average Bonchev–Trinajstić information content (AvgIpc) is 3.80. The van der Waals surface area contributed by atoms with Gasteiger partial charge in [-0.3, -0.25) is 0 Å². The van der Waals surface area contributed by atoms with E-state index >= 15 is 0 Å². The number of benzene rings is 10. The topological polar surface area (TPSA) is 3.24 Å². The van der Waals surface area contributed by atoms with Crippen LogP contribution in [0.5, 0.6) is 0 Å². The third kappa shape index (κ3) is 3.43. The summed E-state index contributed by atoms with van der Waals surface area (Å²) in [5.74, 6) is 0. The Hall–Kier alpha value is -6.70. The molecule has 55 heavy (non-hydrogen) atoms. The molecule has 0 aromatic heterocycles. The monoisotopic (exact) mass is 697 g/mol. The van der Waals surface area contributed by atoms with Crippen molar-refractivity contribution in [3.63, 3.8) is 0 Å². The maximum atomic E-state index is 2.51. The molecule has 256 valence electrons. The largest absolute Gasteiger partial charge is 0.310 e. The highest BCUT2D eigenvalue weighted by Gasteiger charge is 2.52. The van der Waals surface area contributed by atoms with Crippen molar-refractivity contribution in [2.75, 3.05) is 4.90 Å². The summed E-state index contributed by atoms with van der Waals surface area (Å²) in [5.41, 5.74) is 16.6. The van der Waals surface area contributed by atoms with Crippen LogP contribution in [0.4, 0.5) is 17.1 Å². The summed E-state index contributed by atoms with van der Waals surface area (Å²) in [6, 6.07) is 66.8. The minimum absolute atomic E-state index is 0.105. The Bertz CT molecular complexity index is 3300. The SMILES string of the molecule is CC1(C)c2ccccc2-c2ccc(N(c3ccccc3)c3cccc4c3-c3ccccc3C43c4cccc5c6cccc7ccc8ccc3c(c45)c8c76)cc21. The lowest BCUT2D eigenvalue weighted by molar-refractivity contribution is 0.660. The van der Waals surface area contributed by atoms with E-state index in [1.54, 1.807) is 0 Å². The molecule has 3 aliphatic rings. The zero-order chi connectivity index (χ0) is 36.2. The molecule has 0 fully saturated rings. The van der Waals surface area contributed by atoms with E-state index < -0.39 is 5.41 Å². The van der Waals surface area contributed by atoms with E-state index in [9.17, 15) is 0 Å². The fourth-order valence-corrected chi connectivity index (χ4v) is 11.4. The van der Waals surface area contributed by atoms with Gasteiger partial charge in [0.1, 0.15) is 0 Å². The zero-order valence-electron chi connectivity index (χ0n) is 30.7. The lowest BCUT2D eigenvalue weighted by Gasteiger charge is -2.32. The number of hydrogen-bond donors (Lipinski definition) is 0. The summed E-state index contributed by atoms with van der Waals surface area (Å²) >= 11 is 0. The van der Waals surface area contributed by atoms with Gasteiger partial charge in [-0.25, -0.2) is 0 Å². The lowest BCUT2D eigenvalue weighted by atomic mass is 9.70. The second-order valence-corrected chi connectivity index (χ2v) is 16.4. The second-order valence-electron chi connectivity index (χ2n) is 16.4. The molecule has 0 N–H and O–H groups in total. The summed E-state index contributed by atoms with van der Waals surface area (Å²) in [6.45, 7) is 4.75. The number of rotatable bonds is 3. The van der Waals surface area contributed by atoms with Crippen molar-refractivity contribution in [3.8, 4) is 22.3 Å². The van der Waals surface area contributed by atoms with Crippen LogP contribution in [0.2, 0.25) is 0 Å². The van der Waals surface area contributed by atoms with Crippen molar-refractivity contribution in [3.05, 3.63) is 209 Å². The normalized spacial score (nSPS) is 16.8. The highest BCUT2D eigenvalue weighted by atomic mass is 15.1. The van der Waals surface area contributed by atoms with Crippen LogP contribution >= 0.6 is 0 Å². The third-order valence-corrected chi connectivity index (χ3v) is 13.6. The van der Waals surface area contributed by atoms with Crippen molar-refractivity contribution < 1.29 is 0 Å². The summed E-state index contributed by atoms with van der Waals surface area (Å²) in [7, 11) is 0. The van der Waals surface area contributed by atoms with E-state index in [2.05, 4.69) is 195 Å². The first kappa shape index (κ1) is 29.7. The van der Waals surface area contributed by atoms with Crippen molar-refractivity contribution in [2.45, 2.75) is 24.7 Å². The fraction of sp³-hybridized carbons (Fsp3) is 0.0741. The van der Waals surface area contributed by atoms with Gasteiger partial charge in [0.15, 0.2) is 0 Å². The first-order valence-electron chi connectivity index (χ1n) is 19.5. The molecule has 1 heteroatoms. The zero-order valence-corrected chi connectivity index (χ0v) is 30.7. The molecule has 0 aliphatic heterocycles. The number of para-hydroxylation sites is 1. The molecule has 0 radical (unpaired) electrons. The van der Waals surface area contributed by atoms with Gasteiger partial charge < -0.3 is 4.90 Å². The van der Waals surface area contributed by atoms with E-state index in [1.165, 1.54) is 110 Å². The van der Waals surface area contributed by atoms with Gasteiger partial charge in [-0.1, -0.05) is 159 Å². The molecular formula is C54H35N. The van der Waals surface area contributed by atoms with Gasteiger partial charge in [-0.05, 0) is 123 Å². The predicted octanol–water partition coefficient (Wildman–Crippen LogP) is 14.2. The molecule has 13 rings (SSSR count). The molecule has 10 aromatic carbocycles. The molecule has 0 saturated heterocycles. The Labute approximate surface area is 320 Å². The smallest absolute Gasteiger partial charge is 0.0726 e. The van der Waals surface area contributed by atoms with Crippen molar-refractivity contribution >= 4 is 60.2 Å². The Morgan fingerprint density at radius 2 is 0.982 bits per heavy atom. The molecule has 0 bridgehead atoms. The van der Waals surface area contributed by atoms with Gasteiger partial charge >= 0.3 is 0 Å². The van der Waals surface area contributed by atoms with Crippen molar-refractivity contribution in [2.24, 2.45) is 0 Å². The van der Waals surface area contributed by atoms with Crippen LogP contribution in [-0.4, -0.2) is 0 Å². The minimum Gasteiger partial charge on any atom is -0.310 e. The molecule has 0 saturated carbocycles. The van der Waals surface area contributed by atoms with Crippen molar-refractivity contribution in [1.29, 1.82) is 0 Å². The average molecular weight is 698 g/mol. The Morgan fingerprint density at radius 3 is 1.84 bits per heavy atom. The predicted molar refractivity (Wildman–Crippen MR) is 231 cm³/mol. The Kier molecular flexibility index (Phi) is 5.45. The number of nitrogens with zero attached hydrogens (tertiary/aromatic N) is 1. The maximum Gasteiger partial charge on any atom is 0.0726 e. The summed E-state index contributed by atoms with van der Waals surface area (Å²) < 4.78 is 0. The lowest BCUT2D eigenvalue weighted by Crippen LogP contribution is -2.26. The molecule has 10 aromatic rings. The van der Waals surface area contributed by atoms with E-state index in [0.29, 0.717) is 0 Å². The second kappa shape index (κ2) is 10.1. The molecule has 1 spiro atoms. The molecule has 1 unspecified atom stereocenters. The molecule has 1 nitrogen and oxygen atoms in total. The van der Waals surface area contributed by atoms with Gasteiger partial charge in [0.25, 0.3) is 0 Å². The van der Waals surface area contributed by atoms with Crippen LogP contribution in [0, 0.1) is 0 Å². The summed E-state index contributed by atoms with van der Waals surface area (Å²) in [6.07, 6.45) is 0.